The number of nitrogens with zero attached hydrogens (tertiary/aromatic N) is 2. The number of benzene rings is 1. The van der Waals surface area contributed by atoms with Crippen molar-refractivity contribution >= 4 is 23.5 Å². The second-order valence-corrected chi connectivity index (χ2v) is 8.13. The Morgan fingerprint density at radius 1 is 1.06 bits per heavy atom. The number of piperazine rings is 1. The molecule has 2 heterocycles. The van der Waals surface area contributed by atoms with Crippen LogP contribution >= 0.6 is 0 Å². The fourth-order valence-corrected chi connectivity index (χ4v) is 4.05. The minimum absolute atomic E-state index is 0.0982. The molecular weight excluding hydrogens is 450 g/mol. The fourth-order valence-electron chi connectivity index (χ4n) is 4.05. The van der Waals surface area contributed by atoms with Crippen LogP contribution in [-0.4, -0.2) is 115 Å². The van der Waals surface area contributed by atoms with E-state index in [0.29, 0.717) is 26.2 Å². The van der Waals surface area contributed by atoms with Crippen LogP contribution in [0.4, 0.5) is 5.69 Å². The molecule has 2 aliphatic heterocycles. The van der Waals surface area contributed by atoms with E-state index in [0.717, 1.165) is 11.4 Å². The third-order valence-electron chi connectivity index (χ3n) is 5.85. The molecule has 4 unspecified atom stereocenters. The van der Waals surface area contributed by atoms with Gasteiger partial charge in [-0.25, -0.2) is 4.79 Å². The number of hydrogen-bond acceptors (Lipinski definition) is 9. The van der Waals surface area contributed by atoms with E-state index in [9.17, 15) is 24.6 Å². The number of hydrogen-bond donors (Lipinski definition) is 4. The summed E-state index contributed by atoms with van der Waals surface area (Å²) >= 11 is 0. The van der Waals surface area contributed by atoms with E-state index >= 15 is 0 Å². The highest BCUT2D eigenvalue weighted by atomic mass is 16.5. The molecule has 34 heavy (non-hydrogen) atoms. The summed E-state index contributed by atoms with van der Waals surface area (Å²) in [5.41, 5.74) is 0.966. The number of carbonyl (C=O) groups excluding carboxylic acids is 2. The van der Waals surface area contributed by atoms with Gasteiger partial charge < -0.3 is 44.6 Å². The maximum atomic E-state index is 12.8. The summed E-state index contributed by atoms with van der Waals surface area (Å²) < 4.78 is 15.7. The van der Waals surface area contributed by atoms with E-state index in [1.807, 2.05) is 24.3 Å². The van der Waals surface area contributed by atoms with Crippen molar-refractivity contribution in [3.8, 4) is 5.75 Å². The van der Waals surface area contributed by atoms with Gasteiger partial charge in [-0.05, 0) is 12.1 Å². The first-order valence-corrected chi connectivity index (χ1v) is 11.0. The lowest BCUT2D eigenvalue weighted by Gasteiger charge is -2.37. The molecule has 0 saturated carbocycles. The normalized spacial score (nSPS) is 24.7. The average molecular weight is 482 g/mol. The Kier molecular flexibility index (Phi) is 9.05. The summed E-state index contributed by atoms with van der Waals surface area (Å²) in [7, 11) is 1.62. The number of aliphatic hydroxyl groups is 2. The van der Waals surface area contributed by atoms with Gasteiger partial charge in [0, 0.05) is 32.7 Å². The highest BCUT2D eigenvalue weighted by Gasteiger charge is 2.44. The predicted octanol–water partition coefficient (Wildman–Crippen LogP) is -1.56. The number of aliphatic carboxylic acids is 1. The quantitative estimate of drug-likeness (QED) is 0.308. The number of carbonyl (C=O) groups is 3. The van der Waals surface area contributed by atoms with Gasteiger partial charge >= 0.3 is 5.97 Å². The van der Waals surface area contributed by atoms with Crippen LogP contribution in [0.2, 0.25) is 0 Å². The van der Waals surface area contributed by atoms with Gasteiger partial charge in [0.25, 0.3) is 0 Å². The van der Waals surface area contributed by atoms with E-state index in [1.54, 1.807) is 12.0 Å². The van der Waals surface area contributed by atoms with Gasteiger partial charge in [0.1, 0.15) is 37.3 Å². The topological polar surface area (TPSA) is 158 Å². The third kappa shape index (κ3) is 6.56. The number of aliphatic hydroxyl groups excluding tert-OH is 2. The molecule has 3 rings (SSSR count). The van der Waals surface area contributed by atoms with Gasteiger partial charge in [0.2, 0.25) is 11.8 Å². The maximum absolute atomic E-state index is 12.8. The summed E-state index contributed by atoms with van der Waals surface area (Å²) in [5, 5.41) is 31.5. The van der Waals surface area contributed by atoms with Crippen LogP contribution in [0.5, 0.6) is 5.75 Å². The predicted molar refractivity (Wildman–Crippen MR) is 119 cm³/mol. The number of methoxy groups -OCH3 is 1. The second kappa shape index (κ2) is 12.0. The summed E-state index contributed by atoms with van der Waals surface area (Å²) in [6.45, 7) is 1.07. The lowest BCUT2D eigenvalue weighted by molar-refractivity contribution is -0.144. The standard InChI is InChI=1S/C22H31N3O9/c1-32-15-5-3-2-4-14(15)24-6-8-25(9-7-24)19(27)10-16-21(30)22(31)17(34-16)11-23-18(26)12-33-13-20(28)29/h2-5,16-17,21-22,30-31H,6-13H2,1H3,(H,23,26)(H,28,29). The second-order valence-electron chi connectivity index (χ2n) is 8.13. The van der Waals surface area contributed by atoms with Crippen molar-refractivity contribution in [3.05, 3.63) is 24.3 Å². The van der Waals surface area contributed by atoms with Gasteiger partial charge in [-0.3, -0.25) is 9.59 Å². The monoisotopic (exact) mass is 481 g/mol. The molecule has 12 heteroatoms. The number of rotatable bonds is 10. The molecular formula is C22H31N3O9. The number of carboxylic acid groups (broad SMARTS) is 1. The lowest BCUT2D eigenvalue weighted by atomic mass is 10.0. The zero-order valence-electron chi connectivity index (χ0n) is 19.0. The Morgan fingerprint density at radius 2 is 1.74 bits per heavy atom. The number of amides is 2. The first-order chi connectivity index (χ1) is 16.3. The first kappa shape index (κ1) is 25.7. The van der Waals surface area contributed by atoms with Crippen LogP contribution < -0.4 is 15.0 Å². The van der Waals surface area contributed by atoms with Gasteiger partial charge in [-0.1, -0.05) is 12.1 Å². The molecule has 0 spiro atoms. The number of anilines is 1. The summed E-state index contributed by atoms with van der Waals surface area (Å²) in [6.07, 6.45) is -4.46. The van der Waals surface area contributed by atoms with Crippen LogP contribution in [0.25, 0.3) is 0 Å². The van der Waals surface area contributed by atoms with Crippen molar-refractivity contribution in [1.82, 2.24) is 10.2 Å². The molecule has 0 aromatic heterocycles. The van der Waals surface area contributed by atoms with Crippen LogP contribution in [0.1, 0.15) is 6.42 Å². The molecule has 1 aromatic rings. The Bertz CT molecular complexity index is 860. The van der Waals surface area contributed by atoms with Crippen molar-refractivity contribution in [1.29, 1.82) is 0 Å². The fraction of sp³-hybridized carbons (Fsp3) is 0.591. The Labute approximate surface area is 197 Å². The van der Waals surface area contributed by atoms with Crippen molar-refractivity contribution in [2.75, 3.05) is 57.9 Å². The van der Waals surface area contributed by atoms with Gasteiger partial charge in [-0.2, -0.15) is 0 Å². The third-order valence-corrected chi connectivity index (χ3v) is 5.85. The molecule has 0 bridgehead atoms. The number of para-hydroxylation sites is 2. The Balaban J connectivity index is 1.44. The smallest absolute Gasteiger partial charge is 0.329 e. The molecule has 4 N–H and O–H groups in total. The van der Waals surface area contributed by atoms with Crippen molar-refractivity contribution in [3.63, 3.8) is 0 Å². The highest BCUT2D eigenvalue weighted by molar-refractivity contribution is 5.78. The average Bonchev–Trinajstić information content (AvgIpc) is 3.10. The molecule has 4 atom stereocenters. The number of nitrogens with one attached hydrogen (secondary N) is 1. The Morgan fingerprint density at radius 3 is 2.41 bits per heavy atom. The molecule has 2 aliphatic rings. The molecule has 2 saturated heterocycles. The van der Waals surface area contributed by atoms with E-state index < -0.39 is 49.5 Å². The number of ether oxygens (including phenoxy) is 3. The van der Waals surface area contributed by atoms with Crippen LogP contribution in [0, 0.1) is 0 Å². The number of carboxylic acids is 1. The van der Waals surface area contributed by atoms with E-state index in [4.69, 9.17) is 14.6 Å². The van der Waals surface area contributed by atoms with Crippen molar-refractivity contribution in [2.45, 2.75) is 30.8 Å². The SMILES string of the molecule is COc1ccccc1N1CCN(C(=O)CC2OC(CNC(=O)COCC(=O)O)C(O)C2O)CC1. The van der Waals surface area contributed by atoms with Crippen LogP contribution in [0.15, 0.2) is 24.3 Å². The molecule has 188 valence electrons. The molecule has 2 fully saturated rings. The zero-order valence-corrected chi connectivity index (χ0v) is 19.0. The zero-order chi connectivity index (χ0) is 24.7. The highest BCUT2D eigenvalue weighted by Crippen LogP contribution is 2.29. The van der Waals surface area contributed by atoms with Crippen molar-refractivity contribution < 1.29 is 43.9 Å². The van der Waals surface area contributed by atoms with E-state index in [1.165, 1.54) is 0 Å². The molecule has 0 aliphatic carbocycles. The Hall–Kier alpha value is -2.93. The minimum Gasteiger partial charge on any atom is -0.495 e. The van der Waals surface area contributed by atoms with Gasteiger partial charge in [0.05, 0.1) is 25.3 Å². The first-order valence-electron chi connectivity index (χ1n) is 11.0. The van der Waals surface area contributed by atoms with Gasteiger partial charge in [0.15, 0.2) is 0 Å². The molecule has 0 radical (unpaired) electrons. The van der Waals surface area contributed by atoms with Crippen molar-refractivity contribution in [2.24, 2.45) is 0 Å². The lowest BCUT2D eigenvalue weighted by Crippen LogP contribution is -2.50. The van der Waals surface area contributed by atoms with Crippen LogP contribution in [-0.2, 0) is 23.9 Å². The largest absolute Gasteiger partial charge is 0.495 e. The maximum Gasteiger partial charge on any atom is 0.329 e. The van der Waals surface area contributed by atoms with E-state index in [2.05, 4.69) is 15.0 Å². The van der Waals surface area contributed by atoms with E-state index in [-0.39, 0.29) is 18.9 Å². The molecule has 12 nitrogen and oxygen atoms in total. The van der Waals surface area contributed by atoms with Gasteiger partial charge in [-0.15, -0.1) is 0 Å². The summed E-state index contributed by atoms with van der Waals surface area (Å²) in [5.74, 6) is -1.20. The van der Waals surface area contributed by atoms with Crippen LogP contribution in [0.3, 0.4) is 0 Å². The minimum atomic E-state index is -1.28. The molecule has 1 aromatic carbocycles. The summed E-state index contributed by atoms with van der Waals surface area (Å²) in [4.78, 5) is 38.7. The molecule has 2 amide bonds. The summed E-state index contributed by atoms with van der Waals surface area (Å²) in [6, 6.07) is 7.69.